The minimum Gasteiger partial charge on any atom is -0.492 e. The molecule has 152 valence electrons. The number of nitrogens with zero attached hydrogens (tertiary/aromatic N) is 1. The zero-order valence-electron chi connectivity index (χ0n) is 16.4. The van der Waals surface area contributed by atoms with E-state index in [2.05, 4.69) is 10.6 Å². The Labute approximate surface area is 170 Å². The Morgan fingerprint density at radius 1 is 1.03 bits per heavy atom. The van der Waals surface area contributed by atoms with Gasteiger partial charge < -0.3 is 20.3 Å². The van der Waals surface area contributed by atoms with Crippen LogP contribution >= 0.6 is 0 Å². The fourth-order valence-electron chi connectivity index (χ4n) is 3.27. The Morgan fingerprint density at radius 2 is 1.72 bits per heavy atom. The first-order valence-electron chi connectivity index (χ1n) is 9.73. The van der Waals surface area contributed by atoms with Gasteiger partial charge in [0.15, 0.2) is 0 Å². The molecule has 0 spiro atoms. The fraction of sp³-hybridized carbons (Fsp3) is 0.318. The van der Waals surface area contributed by atoms with Crippen molar-refractivity contribution in [3.05, 3.63) is 60.2 Å². The number of benzene rings is 2. The summed E-state index contributed by atoms with van der Waals surface area (Å²) in [6.07, 6.45) is 0.155. The van der Waals surface area contributed by atoms with Crippen LogP contribution in [0.15, 0.2) is 54.6 Å². The maximum Gasteiger partial charge on any atom is 0.251 e. The van der Waals surface area contributed by atoms with Gasteiger partial charge in [0.05, 0.1) is 18.2 Å². The molecule has 1 atom stereocenters. The third-order valence-electron chi connectivity index (χ3n) is 4.70. The monoisotopic (exact) mass is 395 g/mol. The summed E-state index contributed by atoms with van der Waals surface area (Å²) >= 11 is 0. The van der Waals surface area contributed by atoms with Gasteiger partial charge in [-0.2, -0.15) is 0 Å². The normalized spacial score (nSPS) is 15.8. The molecule has 0 aromatic heterocycles. The summed E-state index contributed by atoms with van der Waals surface area (Å²) in [5, 5.41) is 5.56. The molecule has 7 nitrogen and oxygen atoms in total. The van der Waals surface area contributed by atoms with Crippen molar-refractivity contribution in [3.8, 4) is 5.75 Å². The van der Waals surface area contributed by atoms with Crippen LogP contribution in [-0.4, -0.2) is 44.0 Å². The highest BCUT2D eigenvalue weighted by Crippen LogP contribution is 2.33. The number of ether oxygens (including phenoxy) is 1. The summed E-state index contributed by atoms with van der Waals surface area (Å²) in [6, 6.07) is 16.2. The number of rotatable bonds is 8. The van der Waals surface area contributed by atoms with Gasteiger partial charge in [0, 0.05) is 31.6 Å². The van der Waals surface area contributed by atoms with Crippen LogP contribution in [0.5, 0.6) is 5.75 Å². The number of nitrogens with one attached hydrogen (secondary N) is 2. The molecule has 2 N–H and O–H groups in total. The minimum atomic E-state index is -0.429. The Morgan fingerprint density at radius 3 is 2.48 bits per heavy atom. The van der Waals surface area contributed by atoms with E-state index >= 15 is 0 Å². The van der Waals surface area contributed by atoms with E-state index in [1.807, 2.05) is 37.3 Å². The van der Waals surface area contributed by atoms with Crippen molar-refractivity contribution in [2.45, 2.75) is 13.3 Å². The number of amides is 3. The molecule has 7 heteroatoms. The Kier molecular flexibility index (Phi) is 6.84. The van der Waals surface area contributed by atoms with Gasteiger partial charge in [0.2, 0.25) is 11.8 Å². The third-order valence-corrected chi connectivity index (χ3v) is 4.70. The average Bonchev–Trinajstić information content (AvgIpc) is 3.14. The summed E-state index contributed by atoms with van der Waals surface area (Å²) in [4.78, 5) is 38.5. The number of anilines is 1. The van der Waals surface area contributed by atoms with Crippen LogP contribution in [0.3, 0.4) is 0 Å². The van der Waals surface area contributed by atoms with Gasteiger partial charge in [-0.3, -0.25) is 14.4 Å². The number of hydrogen-bond donors (Lipinski definition) is 2. The van der Waals surface area contributed by atoms with Crippen LogP contribution in [0.25, 0.3) is 0 Å². The second-order valence-electron chi connectivity index (χ2n) is 6.72. The topological polar surface area (TPSA) is 87.7 Å². The molecule has 0 radical (unpaired) electrons. The lowest BCUT2D eigenvalue weighted by atomic mass is 10.1. The van der Waals surface area contributed by atoms with E-state index in [0.29, 0.717) is 43.2 Å². The lowest BCUT2D eigenvalue weighted by Gasteiger charge is -2.20. The minimum absolute atomic E-state index is 0.102. The molecule has 2 aromatic rings. The molecule has 0 aliphatic carbocycles. The van der Waals surface area contributed by atoms with E-state index < -0.39 is 5.92 Å². The Bertz CT molecular complexity index is 869. The summed E-state index contributed by atoms with van der Waals surface area (Å²) < 4.78 is 5.60. The molecule has 0 bridgehead atoms. The molecule has 1 aliphatic heterocycles. The van der Waals surface area contributed by atoms with Crippen molar-refractivity contribution in [2.24, 2.45) is 5.92 Å². The van der Waals surface area contributed by atoms with Crippen LogP contribution in [0.4, 0.5) is 5.69 Å². The van der Waals surface area contributed by atoms with Crippen LogP contribution in [-0.2, 0) is 9.59 Å². The molecule has 3 amide bonds. The number of carbonyl (C=O) groups is 3. The maximum absolute atomic E-state index is 12.5. The summed E-state index contributed by atoms with van der Waals surface area (Å²) in [5.74, 6) is -0.275. The molecular formula is C22H25N3O4. The van der Waals surface area contributed by atoms with E-state index in [1.54, 1.807) is 29.2 Å². The molecule has 1 unspecified atom stereocenters. The predicted octanol–water partition coefficient (Wildman–Crippen LogP) is 1.98. The lowest BCUT2D eigenvalue weighted by molar-refractivity contribution is -0.126. The van der Waals surface area contributed by atoms with Crippen LogP contribution in [0.2, 0.25) is 0 Å². The zero-order chi connectivity index (χ0) is 20.6. The van der Waals surface area contributed by atoms with Crippen molar-refractivity contribution >= 4 is 23.4 Å². The van der Waals surface area contributed by atoms with Gasteiger partial charge in [-0.15, -0.1) is 0 Å². The molecule has 1 saturated heterocycles. The van der Waals surface area contributed by atoms with Gasteiger partial charge in [0.1, 0.15) is 5.75 Å². The van der Waals surface area contributed by atoms with Gasteiger partial charge in [0.25, 0.3) is 5.91 Å². The molecule has 29 heavy (non-hydrogen) atoms. The van der Waals surface area contributed by atoms with Gasteiger partial charge in [-0.05, 0) is 31.2 Å². The fourth-order valence-corrected chi connectivity index (χ4v) is 3.27. The van der Waals surface area contributed by atoms with E-state index in [0.717, 1.165) is 0 Å². The first-order chi connectivity index (χ1) is 14.1. The Hall–Kier alpha value is -3.35. The molecule has 0 saturated carbocycles. The summed E-state index contributed by atoms with van der Waals surface area (Å²) in [5.41, 5.74) is 1.26. The second kappa shape index (κ2) is 9.73. The van der Waals surface area contributed by atoms with Gasteiger partial charge >= 0.3 is 0 Å². The van der Waals surface area contributed by atoms with Crippen LogP contribution in [0.1, 0.15) is 23.7 Å². The third kappa shape index (κ3) is 5.13. The standard InChI is InChI=1S/C22H25N3O4/c1-2-29-19-11-7-6-10-18(19)25-15-17(14-20(25)26)22(28)24-13-12-23-21(27)16-8-4-3-5-9-16/h3-11,17H,2,12-15H2,1H3,(H,23,27)(H,24,28). The van der Waals surface area contributed by atoms with E-state index in [-0.39, 0.29) is 24.1 Å². The van der Waals surface area contributed by atoms with Crippen molar-refractivity contribution < 1.29 is 19.1 Å². The highest BCUT2D eigenvalue weighted by atomic mass is 16.5. The summed E-state index contributed by atoms with van der Waals surface area (Å²) in [7, 11) is 0. The van der Waals surface area contributed by atoms with Crippen LogP contribution < -0.4 is 20.3 Å². The molecular weight excluding hydrogens is 370 g/mol. The first-order valence-corrected chi connectivity index (χ1v) is 9.73. The quantitative estimate of drug-likeness (QED) is 0.669. The molecule has 1 heterocycles. The van der Waals surface area contributed by atoms with Gasteiger partial charge in [-0.25, -0.2) is 0 Å². The number of carbonyl (C=O) groups excluding carboxylic acids is 3. The smallest absolute Gasteiger partial charge is 0.251 e. The second-order valence-corrected chi connectivity index (χ2v) is 6.72. The number of para-hydroxylation sites is 2. The molecule has 2 aromatic carbocycles. The molecule has 1 aliphatic rings. The van der Waals surface area contributed by atoms with E-state index in [1.165, 1.54) is 0 Å². The van der Waals surface area contributed by atoms with Crippen LogP contribution in [0, 0.1) is 5.92 Å². The first kappa shape index (κ1) is 20.4. The van der Waals surface area contributed by atoms with Crippen molar-refractivity contribution in [1.29, 1.82) is 0 Å². The molecule has 1 fully saturated rings. The summed E-state index contributed by atoms with van der Waals surface area (Å²) in [6.45, 7) is 3.31. The van der Waals surface area contributed by atoms with E-state index in [4.69, 9.17) is 4.74 Å². The highest BCUT2D eigenvalue weighted by molar-refractivity contribution is 6.01. The molecule has 3 rings (SSSR count). The van der Waals surface area contributed by atoms with Crippen molar-refractivity contribution in [1.82, 2.24) is 10.6 Å². The average molecular weight is 395 g/mol. The Balaban J connectivity index is 1.49. The van der Waals surface area contributed by atoms with E-state index in [9.17, 15) is 14.4 Å². The highest BCUT2D eigenvalue weighted by Gasteiger charge is 2.36. The maximum atomic E-state index is 12.5. The van der Waals surface area contributed by atoms with Crippen molar-refractivity contribution in [2.75, 3.05) is 31.1 Å². The van der Waals surface area contributed by atoms with Crippen molar-refractivity contribution in [3.63, 3.8) is 0 Å². The van der Waals surface area contributed by atoms with Gasteiger partial charge in [-0.1, -0.05) is 30.3 Å². The predicted molar refractivity (Wildman–Crippen MR) is 110 cm³/mol. The SMILES string of the molecule is CCOc1ccccc1N1CC(C(=O)NCCNC(=O)c2ccccc2)CC1=O. The largest absolute Gasteiger partial charge is 0.492 e. The lowest BCUT2D eigenvalue weighted by Crippen LogP contribution is -2.38. The number of hydrogen-bond acceptors (Lipinski definition) is 4. The zero-order valence-corrected chi connectivity index (χ0v) is 16.4.